The molecule has 2 saturated heterocycles. The Morgan fingerprint density at radius 1 is 1.32 bits per heavy atom. The highest BCUT2D eigenvalue weighted by Gasteiger charge is 2.34. The maximum atomic E-state index is 12.6. The van der Waals surface area contributed by atoms with Crippen LogP contribution in [0, 0.1) is 0 Å². The lowest BCUT2D eigenvalue weighted by atomic mass is 10.1. The summed E-state index contributed by atoms with van der Waals surface area (Å²) in [6.45, 7) is 4.29. The van der Waals surface area contributed by atoms with Crippen LogP contribution in [0.1, 0.15) is 12.8 Å². The minimum Gasteiger partial charge on any atom is -0.343 e. The number of piperazine rings is 1. The van der Waals surface area contributed by atoms with Crippen LogP contribution < -0.4 is 10.2 Å². The Morgan fingerprint density at radius 2 is 2.16 bits per heavy atom. The van der Waals surface area contributed by atoms with Crippen molar-refractivity contribution in [2.24, 2.45) is 0 Å². The van der Waals surface area contributed by atoms with E-state index in [1.54, 1.807) is 6.20 Å². The summed E-state index contributed by atoms with van der Waals surface area (Å²) in [5.74, 6) is 1.05. The lowest BCUT2D eigenvalue weighted by molar-refractivity contribution is -0.133. The van der Waals surface area contributed by atoms with Gasteiger partial charge in [-0.3, -0.25) is 4.79 Å². The normalized spacial score (nSPS) is 23.7. The Labute approximate surface area is 112 Å². The van der Waals surface area contributed by atoms with Crippen molar-refractivity contribution >= 4 is 11.7 Å². The number of carbonyl (C=O) groups excluding carboxylic acids is 1. The summed E-state index contributed by atoms with van der Waals surface area (Å²) < 4.78 is 0. The molecule has 0 bridgehead atoms. The van der Waals surface area contributed by atoms with Crippen LogP contribution in [0.4, 0.5) is 5.82 Å². The molecule has 2 aliphatic rings. The van der Waals surface area contributed by atoms with Crippen molar-refractivity contribution in [3.63, 3.8) is 0 Å². The van der Waals surface area contributed by atoms with Gasteiger partial charge in [0, 0.05) is 38.9 Å². The molecule has 0 saturated carbocycles. The molecule has 1 N–H and O–H groups in total. The highest BCUT2D eigenvalue weighted by Crippen LogP contribution is 2.24. The van der Waals surface area contributed by atoms with Crippen molar-refractivity contribution in [2.75, 3.05) is 37.6 Å². The number of hydrogen-bond donors (Lipinski definition) is 1. The van der Waals surface area contributed by atoms with Crippen molar-refractivity contribution < 1.29 is 4.79 Å². The summed E-state index contributed by atoms with van der Waals surface area (Å²) in [5.41, 5.74) is 0. The minimum atomic E-state index is -0.0604. The van der Waals surface area contributed by atoms with E-state index in [1.165, 1.54) is 0 Å². The number of rotatable bonds is 2. The number of hydrogen-bond acceptors (Lipinski definition) is 5. The Morgan fingerprint density at radius 3 is 2.89 bits per heavy atom. The van der Waals surface area contributed by atoms with Crippen molar-refractivity contribution in [1.29, 1.82) is 0 Å². The molecular weight excluding hydrogens is 242 g/mol. The van der Waals surface area contributed by atoms with Crippen molar-refractivity contribution in [1.82, 2.24) is 20.4 Å². The molecule has 102 valence electrons. The topological polar surface area (TPSA) is 61.4 Å². The van der Waals surface area contributed by atoms with Gasteiger partial charge in [-0.1, -0.05) is 0 Å². The summed E-state index contributed by atoms with van der Waals surface area (Å²) in [7, 11) is 0. The third-order valence-electron chi connectivity index (χ3n) is 3.82. The van der Waals surface area contributed by atoms with E-state index in [-0.39, 0.29) is 11.9 Å². The summed E-state index contributed by atoms with van der Waals surface area (Å²) in [6.07, 6.45) is 3.62. The number of nitrogens with one attached hydrogen (secondary N) is 1. The van der Waals surface area contributed by atoms with Crippen LogP contribution in [-0.2, 0) is 4.79 Å². The smallest absolute Gasteiger partial charge is 0.245 e. The number of aromatic nitrogens is 2. The molecule has 0 radical (unpaired) electrons. The first-order chi connectivity index (χ1) is 9.36. The van der Waals surface area contributed by atoms with Gasteiger partial charge in [-0.2, -0.15) is 5.10 Å². The second-order valence-corrected chi connectivity index (χ2v) is 5.01. The lowest BCUT2D eigenvalue weighted by Crippen LogP contribution is -2.52. The molecule has 2 aliphatic heterocycles. The van der Waals surface area contributed by atoms with Gasteiger partial charge in [0.15, 0.2) is 5.82 Å². The van der Waals surface area contributed by atoms with Gasteiger partial charge in [-0.15, -0.1) is 5.10 Å². The van der Waals surface area contributed by atoms with E-state index in [2.05, 4.69) is 20.4 Å². The first kappa shape index (κ1) is 12.3. The third-order valence-corrected chi connectivity index (χ3v) is 3.82. The zero-order valence-electron chi connectivity index (χ0n) is 11.0. The average Bonchev–Trinajstić information content (AvgIpc) is 2.98. The van der Waals surface area contributed by atoms with Gasteiger partial charge in [0.2, 0.25) is 5.91 Å². The maximum Gasteiger partial charge on any atom is 0.245 e. The second-order valence-electron chi connectivity index (χ2n) is 5.01. The summed E-state index contributed by atoms with van der Waals surface area (Å²) in [5, 5.41) is 11.3. The molecule has 0 spiro atoms. The Hall–Kier alpha value is -1.69. The molecule has 3 rings (SSSR count). The van der Waals surface area contributed by atoms with Gasteiger partial charge in [-0.05, 0) is 25.0 Å². The lowest BCUT2D eigenvalue weighted by Gasteiger charge is -2.33. The fourth-order valence-electron chi connectivity index (χ4n) is 2.84. The van der Waals surface area contributed by atoms with E-state index in [9.17, 15) is 4.79 Å². The molecule has 2 fully saturated rings. The number of nitrogens with zero attached hydrogens (tertiary/aromatic N) is 4. The number of amides is 1. The number of anilines is 1. The monoisotopic (exact) mass is 261 g/mol. The summed E-state index contributed by atoms with van der Waals surface area (Å²) in [6, 6.07) is 3.73. The Balaban J connectivity index is 1.74. The van der Waals surface area contributed by atoms with E-state index in [0.717, 1.165) is 51.4 Å². The van der Waals surface area contributed by atoms with Crippen molar-refractivity contribution in [2.45, 2.75) is 18.9 Å². The van der Waals surface area contributed by atoms with Crippen LogP contribution in [0.2, 0.25) is 0 Å². The van der Waals surface area contributed by atoms with Gasteiger partial charge in [0.25, 0.3) is 0 Å². The van der Waals surface area contributed by atoms with Crippen molar-refractivity contribution in [3.8, 4) is 0 Å². The number of carbonyl (C=O) groups is 1. The maximum absolute atomic E-state index is 12.6. The largest absolute Gasteiger partial charge is 0.343 e. The van der Waals surface area contributed by atoms with Crippen LogP contribution >= 0.6 is 0 Å². The van der Waals surface area contributed by atoms with E-state index in [0.29, 0.717) is 0 Å². The molecule has 6 heteroatoms. The highest BCUT2D eigenvalue weighted by molar-refractivity contribution is 5.85. The second kappa shape index (κ2) is 5.52. The van der Waals surface area contributed by atoms with Crippen LogP contribution in [0.3, 0.4) is 0 Å². The first-order valence-corrected chi connectivity index (χ1v) is 6.90. The standard InChI is InChI=1S/C13H19N5O/c19-13(17-9-6-14-7-10-17)11-3-2-8-18(11)12-4-1-5-15-16-12/h1,4-5,11,14H,2-3,6-10H2. The Kier molecular flexibility index (Phi) is 3.59. The summed E-state index contributed by atoms with van der Waals surface area (Å²) >= 11 is 0. The predicted octanol–water partition coefficient (Wildman–Crippen LogP) is -0.123. The van der Waals surface area contributed by atoms with Gasteiger partial charge in [-0.25, -0.2) is 0 Å². The fraction of sp³-hybridized carbons (Fsp3) is 0.615. The molecular formula is C13H19N5O. The predicted molar refractivity (Wildman–Crippen MR) is 71.8 cm³/mol. The van der Waals surface area contributed by atoms with Crippen molar-refractivity contribution in [3.05, 3.63) is 18.3 Å². The quantitative estimate of drug-likeness (QED) is 0.804. The van der Waals surface area contributed by atoms with E-state index >= 15 is 0 Å². The zero-order valence-corrected chi connectivity index (χ0v) is 11.0. The fourth-order valence-corrected chi connectivity index (χ4v) is 2.84. The van der Waals surface area contributed by atoms with Crippen LogP contribution in [0.15, 0.2) is 18.3 Å². The SMILES string of the molecule is O=C(C1CCCN1c1cccnn1)N1CCNCC1. The van der Waals surface area contributed by atoms with E-state index in [4.69, 9.17) is 0 Å². The molecule has 1 aromatic rings. The van der Waals surface area contributed by atoms with Gasteiger partial charge in [0.1, 0.15) is 6.04 Å². The molecule has 3 heterocycles. The molecule has 19 heavy (non-hydrogen) atoms. The molecule has 1 aromatic heterocycles. The van der Waals surface area contributed by atoms with Crippen LogP contribution in [0.5, 0.6) is 0 Å². The van der Waals surface area contributed by atoms with Gasteiger partial charge >= 0.3 is 0 Å². The average molecular weight is 261 g/mol. The summed E-state index contributed by atoms with van der Waals surface area (Å²) in [4.78, 5) is 16.7. The van der Waals surface area contributed by atoms with Gasteiger partial charge in [0.05, 0.1) is 0 Å². The van der Waals surface area contributed by atoms with E-state index < -0.39 is 0 Å². The molecule has 6 nitrogen and oxygen atoms in total. The van der Waals surface area contributed by atoms with Crippen LogP contribution in [-0.4, -0.2) is 59.8 Å². The zero-order chi connectivity index (χ0) is 13.1. The third kappa shape index (κ3) is 2.53. The first-order valence-electron chi connectivity index (χ1n) is 6.90. The molecule has 0 aromatic carbocycles. The van der Waals surface area contributed by atoms with Gasteiger partial charge < -0.3 is 15.1 Å². The molecule has 1 atom stereocenters. The Bertz CT molecular complexity index is 432. The van der Waals surface area contributed by atoms with Crippen LogP contribution in [0.25, 0.3) is 0 Å². The minimum absolute atomic E-state index is 0.0604. The van der Waals surface area contributed by atoms with E-state index in [1.807, 2.05) is 17.0 Å². The highest BCUT2D eigenvalue weighted by atomic mass is 16.2. The molecule has 1 unspecified atom stereocenters. The molecule has 0 aliphatic carbocycles. The molecule has 1 amide bonds.